The predicted octanol–water partition coefficient (Wildman–Crippen LogP) is 4.39. The van der Waals surface area contributed by atoms with Crippen LogP contribution in [0.2, 0.25) is 0 Å². The van der Waals surface area contributed by atoms with Gasteiger partial charge in [0.1, 0.15) is 16.9 Å². The van der Waals surface area contributed by atoms with Crippen LogP contribution in [-0.2, 0) is 17.5 Å². The van der Waals surface area contributed by atoms with Gasteiger partial charge in [0.2, 0.25) is 0 Å². The number of nitrogens with one attached hydrogen (secondary N) is 2. The van der Waals surface area contributed by atoms with Crippen molar-refractivity contribution in [2.75, 3.05) is 39.6 Å². The Morgan fingerprint density at radius 1 is 1.32 bits per heavy atom. The topological polar surface area (TPSA) is 74.7 Å². The Morgan fingerprint density at radius 3 is 2.65 bits per heavy atom. The van der Waals surface area contributed by atoms with E-state index >= 15 is 0 Å². The minimum Gasteiger partial charge on any atom is -0.375 e. The van der Waals surface area contributed by atoms with Crippen molar-refractivity contribution in [3.63, 3.8) is 0 Å². The molecular weight excluding hydrogens is 544 g/mol. The Balaban J connectivity index is 0.00000480. The number of ether oxygens (including phenoxy) is 1. The molecule has 0 radical (unpaired) electrons. The Kier molecular flexibility index (Phi) is 11.5. The van der Waals surface area contributed by atoms with E-state index in [0.29, 0.717) is 25.5 Å². The Hall–Kier alpha value is -1.67. The molecule has 0 aliphatic carbocycles. The van der Waals surface area contributed by atoms with E-state index in [1.807, 2.05) is 24.3 Å². The van der Waals surface area contributed by atoms with Crippen LogP contribution >= 0.6 is 35.3 Å². The number of guanidine groups is 1. The molecule has 2 heterocycles. The predicted molar refractivity (Wildman–Crippen MR) is 128 cm³/mol. The first-order valence-corrected chi connectivity index (χ1v) is 10.3. The first kappa shape index (κ1) is 27.4. The van der Waals surface area contributed by atoms with Crippen LogP contribution in [0.25, 0.3) is 0 Å². The minimum absolute atomic E-state index is 0. The van der Waals surface area contributed by atoms with Gasteiger partial charge in [0.15, 0.2) is 5.96 Å². The molecule has 0 bridgehead atoms. The van der Waals surface area contributed by atoms with E-state index in [1.54, 1.807) is 25.5 Å². The van der Waals surface area contributed by atoms with Crippen molar-refractivity contribution < 1.29 is 17.9 Å². The summed E-state index contributed by atoms with van der Waals surface area (Å²) >= 11 is 1.57. The molecule has 0 saturated carbocycles. The first-order valence-electron chi connectivity index (χ1n) is 9.40. The third-order valence-corrected chi connectivity index (χ3v) is 5.33. The van der Waals surface area contributed by atoms with Gasteiger partial charge in [-0.3, -0.25) is 4.99 Å². The van der Waals surface area contributed by atoms with Crippen LogP contribution in [0.3, 0.4) is 0 Å². The summed E-state index contributed by atoms with van der Waals surface area (Å²) in [6, 6.07) is 2.34. The van der Waals surface area contributed by atoms with Gasteiger partial charge in [-0.2, -0.15) is 13.2 Å². The van der Waals surface area contributed by atoms with Crippen LogP contribution in [0.15, 0.2) is 28.7 Å². The number of hydrogen-bond donors (Lipinski definition) is 2. The molecule has 2 rings (SSSR count). The number of aromatic nitrogens is 2. The number of anilines is 1. The molecule has 31 heavy (non-hydrogen) atoms. The van der Waals surface area contributed by atoms with E-state index in [9.17, 15) is 13.2 Å². The Morgan fingerprint density at radius 2 is 2.06 bits per heavy atom. The number of aliphatic imine (C=N–C) groups is 1. The maximum Gasteiger partial charge on any atom is 0.417 e. The van der Waals surface area contributed by atoms with E-state index in [4.69, 9.17) is 4.74 Å². The molecule has 2 N–H and O–H groups in total. The van der Waals surface area contributed by atoms with Crippen LogP contribution in [-0.4, -0.2) is 55.1 Å². The van der Waals surface area contributed by atoms with Gasteiger partial charge in [0.05, 0.1) is 17.8 Å². The standard InChI is InChI=1S/C19H27F3N6OS.HI/c1-13(29-4)17-27-15(12-30-17)11-28(3)18(23-2)25-9-5-8-24-16-7-6-14(10-26-16)19(20,21)22;/h6-7,10,12-13H,5,8-9,11H2,1-4H3,(H,23,25)(H,24,26);1H. The number of pyridine rings is 1. The fourth-order valence-electron chi connectivity index (χ4n) is 2.56. The van der Waals surface area contributed by atoms with Gasteiger partial charge in [-0.15, -0.1) is 35.3 Å². The molecule has 2 aromatic rings. The second-order valence-corrected chi connectivity index (χ2v) is 7.48. The van der Waals surface area contributed by atoms with Crippen molar-refractivity contribution in [3.8, 4) is 0 Å². The summed E-state index contributed by atoms with van der Waals surface area (Å²) in [6.45, 7) is 3.78. The monoisotopic (exact) mass is 572 g/mol. The van der Waals surface area contributed by atoms with Crippen LogP contribution in [0.4, 0.5) is 19.0 Å². The number of rotatable bonds is 9. The zero-order valence-electron chi connectivity index (χ0n) is 17.9. The highest BCUT2D eigenvalue weighted by Gasteiger charge is 2.30. The molecule has 12 heteroatoms. The molecule has 1 atom stereocenters. The lowest BCUT2D eigenvalue weighted by Gasteiger charge is -2.21. The van der Waals surface area contributed by atoms with Crippen LogP contribution in [0.1, 0.15) is 35.7 Å². The van der Waals surface area contributed by atoms with Gasteiger partial charge < -0.3 is 20.3 Å². The third-order valence-electron chi connectivity index (χ3n) is 4.28. The zero-order valence-corrected chi connectivity index (χ0v) is 21.0. The van der Waals surface area contributed by atoms with Gasteiger partial charge in [0, 0.05) is 45.9 Å². The molecule has 0 fully saturated rings. The highest BCUT2D eigenvalue weighted by atomic mass is 127. The molecule has 0 aromatic carbocycles. The van der Waals surface area contributed by atoms with E-state index in [-0.39, 0.29) is 30.1 Å². The van der Waals surface area contributed by atoms with Crippen LogP contribution < -0.4 is 10.6 Å². The van der Waals surface area contributed by atoms with Gasteiger partial charge in [-0.05, 0) is 25.5 Å². The molecule has 0 aliphatic heterocycles. The molecule has 0 amide bonds. The quantitative estimate of drug-likeness (QED) is 0.201. The maximum atomic E-state index is 12.5. The number of nitrogens with zero attached hydrogens (tertiary/aromatic N) is 4. The molecule has 0 saturated heterocycles. The summed E-state index contributed by atoms with van der Waals surface area (Å²) in [5, 5.41) is 9.22. The Labute approximate surface area is 201 Å². The highest BCUT2D eigenvalue weighted by Crippen LogP contribution is 2.28. The van der Waals surface area contributed by atoms with Crippen molar-refractivity contribution in [1.29, 1.82) is 0 Å². The average molecular weight is 572 g/mol. The van der Waals surface area contributed by atoms with Gasteiger partial charge in [-0.1, -0.05) is 0 Å². The number of thiazole rings is 1. The fraction of sp³-hybridized carbons (Fsp3) is 0.526. The van der Waals surface area contributed by atoms with Gasteiger partial charge in [0.25, 0.3) is 0 Å². The second-order valence-electron chi connectivity index (χ2n) is 6.60. The number of hydrogen-bond acceptors (Lipinski definition) is 6. The molecular formula is C19H28F3IN6OS. The molecule has 0 aliphatic rings. The van der Waals surface area contributed by atoms with E-state index < -0.39 is 11.7 Å². The molecule has 7 nitrogen and oxygen atoms in total. The second kappa shape index (κ2) is 13.0. The largest absolute Gasteiger partial charge is 0.417 e. The molecule has 174 valence electrons. The molecule has 2 aromatic heterocycles. The number of methoxy groups -OCH3 is 1. The van der Waals surface area contributed by atoms with Gasteiger partial charge >= 0.3 is 6.18 Å². The first-order chi connectivity index (χ1) is 14.2. The summed E-state index contributed by atoms with van der Waals surface area (Å²) in [4.78, 5) is 14.6. The van der Waals surface area contributed by atoms with Crippen molar-refractivity contribution in [3.05, 3.63) is 40.0 Å². The van der Waals surface area contributed by atoms with Gasteiger partial charge in [-0.25, -0.2) is 9.97 Å². The van der Waals surface area contributed by atoms with Crippen molar-refractivity contribution in [2.24, 2.45) is 4.99 Å². The van der Waals surface area contributed by atoms with Crippen molar-refractivity contribution in [2.45, 2.75) is 32.2 Å². The summed E-state index contributed by atoms with van der Waals surface area (Å²) in [5.74, 6) is 1.14. The zero-order chi connectivity index (χ0) is 22.1. The van der Waals surface area contributed by atoms with Crippen LogP contribution in [0, 0.1) is 0 Å². The van der Waals surface area contributed by atoms with Crippen LogP contribution in [0.5, 0.6) is 0 Å². The summed E-state index contributed by atoms with van der Waals surface area (Å²) in [7, 11) is 5.30. The third kappa shape index (κ3) is 8.77. The summed E-state index contributed by atoms with van der Waals surface area (Å²) < 4.78 is 42.9. The fourth-order valence-corrected chi connectivity index (χ4v) is 3.40. The number of alkyl halides is 3. The lowest BCUT2D eigenvalue weighted by Crippen LogP contribution is -2.39. The average Bonchev–Trinajstić information content (AvgIpc) is 3.18. The van der Waals surface area contributed by atoms with Crippen molar-refractivity contribution >= 4 is 47.1 Å². The van der Waals surface area contributed by atoms with Crippen molar-refractivity contribution in [1.82, 2.24) is 20.2 Å². The van der Waals surface area contributed by atoms with E-state index in [0.717, 1.165) is 35.3 Å². The summed E-state index contributed by atoms with van der Waals surface area (Å²) in [5.41, 5.74) is 0.185. The maximum absolute atomic E-state index is 12.5. The lowest BCUT2D eigenvalue weighted by atomic mass is 10.3. The normalized spacial score (nSPS) is 12.8. The SMILES string of the molecule is CN=C(NCCCNc1ccc(C(F)(F)F)cn1)N(C)Cc1csc(C(C)OC)n1.I. The number of halogens is 4. The Bertz CT molecular complexity index is 816. The minimum atomic E-state index is -4.38. The molecule has 0 spiro atoms. The molecule has 1 unspecified atom stereocenters. The van der Waals surface area contributed by atoms with E-state index in [1.165, 1.54) is 6.07 Å². The smallest absolute Gasteiger partial charge is 0.375 e. The van der Waals surface area contributed by atoms with E-state index in [2.05, 4.69) is 25.6 Å². The highest BCUT2D eigenvalue weighted by molar-refractivity contribution is 14.0. The summed E-state index contributed by atoms with van der Waals surface area (Å²) in [6.07, 6.45) is -2.84. The lowest BCUT2D eigenvalue weighted by molar-refractivity contribution is -0.137.